The number of rotatable bonds is 3. The Morgan fingerprint density at radius 2 is 2.26 bits per heavy atom. The lowest BCUT2D eigenvalue weighted by atomic mass is 10.1. The fraction of sp³-hybridized carbons (Fsp3) is 0.429. The summed E-state index contributed by atoms with van der Waals surface area (Å²) >= 11 is 0. The Hall–Kier alpha value is -1.88. The molecular weight excluding hydrogens is 242 g/mol. The quantitative estimate of drug-likeness (QED) is 0.847. The lowest BCUT2D eigenvalue weighted by Crippen LogP contribution is -2.32. The average molecular weight is 259 g/mol. The fourth-order valence-electron chi connectivity index (χ4n) is 2.77. The molecule has 0 saturated carbocycles. The summed E-state index contributed by atoms with van der Waals surface area (Å²) in [5, 5.41) is 6.11. The van der Waals surface area contributed by atoms with Crippen LogP contribution in [-0.2, 0) is 16.0 Å². The van der Waals surface area contributed by atoms with Gasteiger partial charge in [-0.05, 0) is 30.3 Å². The van der Waals surface area contributed by atoms with Crippen LogP contribution in [-0.4, -0.2) is 30.9 Å². The van der Waals surface area contributed by atoms with Crippen molar-refractivity contribution in [3.8, 4) is 0 Å². The van der Waals surface area contributed by atoms with E-state index in [1.165, 1.54) is 0 Å². The van der Waals surface area contributed by atoms with Crippen molar-refractivity contribution in [2.24, 2.45) is 0 Å². The highest BCUT2D eigenvalue weighted by molar-refractivity contribution is 6.01. The summed E-state index contributed by atoms with van der Waals surface area (Å²) in [6.07, 6.45) is 0.948. The molecule has 0 spiro atoms. The van der Waals surface area contributed by atoms with Crippen LogP contribution in [0.1, 0.15) is 18.9 Å². The summed E-state index contributed by atoms with van der Waals surface area (Å²) in [5.74, 6) is 0.161. The van der Waals surface area contributed by atoms with Gasteiger partial charge in [0.1, 0.15) is 0 Å². The first kappa shape index (κ1) is 12.2. The maximum atomic E-state index is 12.0. The predicted molar refractivity (Wildman–Crippen MR) is 73.2 cm³/mol. The van der Waals surface area contributed by atoms with Crippen LogP contribution >= 0.6 is 0 Å². The van der Waals surface area contributed by atoms with E-state index in [0.29, 0.717) is 19.4 Å². The van der Waals surface area contributed by atoms with Crippen LogP contribution < -0.4 is 15.5 Å². The lowest BCUT2D eigenvalue weighted by Gasteiger charge is -2.17. The number of anilines is 2. The van der Waals surface area contributed by atoms with E-state index in [2.05, 4.69) is 10.6 Å². The molecule has 5 nitrogen and oxygen atoms in total. The molecule has 1 saturated heterocycles. The van der Waals surface area contributed by atoms with Crippen LogP contribution in [0.3, 0.4) is 0 Å². The summed E-state index contributed by atoms with van der Waals surface area (Å²) < 4.78 is 0. The highest BCUT2D eigenvalue weighted by atomic mass is 16.2. The van der Waals surface area contributed by atoms with Crippen molar-refractivity contribution in [2.45, 2.75) is 25.8 Å². The number of hydrogen-bond acceptors (Lipinski definition) is 3. The number of nitrogens with one attached hydrogen (secondary N) is 2. The van der Waals surface area contributed by atoms with Crippen LogP contribution in [0.15, 0.2) is 18.2 Å². The van der Waals surface area contributed by atoms with Gasteiger partial charge in [0.15, 0.2) is 0 Å². The van der Waals surface area contributed by atoms with E-state index in [-0.39, 0.29) is 17.9 Å². The predicted octanol–water partition coefficient (Wildman–Crippen LogP) is 0.896. The second-order valence-electron chi connectivity index (χ2n) is 5.03. The normalized spacial score (nSPS) is 21.7. The van der Waals surface area contributed by atoms with E-state index >= 15 is 0 Å². The minimum atomic E-state index is 0.0189. The van der Waals surface area contributed by atoms with Gasteiger partial charge in [-0.15, -0.1) is 0 Å². The number of amides is 2. The van der Waals surface area contributed by atoms with Gasteiger partial charge in [-0.3, -0.25) is 9.59 Å². The summed E-state index contributed by atoms with van der Waals surface area (Å²) in [5.41, 5.74) is 2.73. The zero-order chi connectivity index (χ0) is 13.4. The Morgan fingerprint density at radius 3 is 3.05 bits per heavy atom. The van der Waals surface area contributed by atoms with E-state index < -0.39 is 0 Å². The van der Waals surface area contributed by atoms with Gasteiger partial charge in [-0.1, -0.05) is 6.92 Å². The van der Waals surface area contributed by atoms with E-state index in [0.717, 1.165) is 23.5 Å². The van der Waals surface area contributed by atoms with Crippen LogP contribution in [0, 0.1) is 0 Å². The first-order valence-electron chi connectivity index (χ1n) is 6.64. The summed E-state index contributed by atoms with van der Waals surface area (Å²) in [6.45, 7) is 3.61. The first-order valence-corrected chi connectivity index (χ1v) is 6.64. The fourth-order valence-corrected chi connectivity index (χ4v) is 2.77. The van der Waals surface area contributed by atoms with Crippen LogP contribution in [0.25, 0.3) is 0 Å². The maximum Gasteiger partial charge on any atom is 0.228 e. The molecule has 3 rings (SSSR count). The molecule has 0 aliphatic carbocycles. The van der Waals surface area contributed by atoms with Gasteiger partial charge in [0.2, 0.25) is 11.8 Å². The molecule has 1 aromatic rings. The van der Waals surface area contributed by atoms with Crippen molar-refractivity contribution in [1.82, 2.24) is 5.32 Å². The number of likely N-dealkylation sites (N-methyl/N-ethyl adjacent to an activating group) is 1. The molecule has 0 bridgehead atoms. The topological polar surface area (TPSA) is 61.4 Å². The summed E-state index contributed by atoms with van der Waals surface area (Å²) in [6, 6.07) is 5.95. The SMILES string of the molecule is CCNC1CC(=O)N(c2ccc3c(c2)CC(=O)N3)C1. The third-order valence-corrected chi connectivity index (χ3v) is 3.64. The highest BCUT2D eigenvalue weighted by Gasteiger charge is 2.30. The van der Waals surface area contributed by atoms with E-state index in [9.17, 15) is 9.59 Å². The number of carbonyl (C=O) groups excluding carboxylic acids is 2. The number of fused-ring (bicyclic) bond motifs is 1. The second-order valence-corrected chi connectivity index (χ2v) is 5.03. The minimum absolute atomic E-state index is 0.0189. The number of benzene rings is 1. The van der Waals surface area contributed by atoms with Crippen molar-refractivity contribution in [1.29, 1.82) is 0 Å². The molecule has 0 radical (unpaired) electrons. The van der Waals surface area contributed by atoms with Crippen LogP contribution in [0.4, 0.5) is 11.4 Å². The van der Waals surface area contributed by atoms with Crippen LogP contribution in [0.5, 0.6) is 0 Å². The second kappa shape index (κ2) is 4.66. The Balaban J connectivity index is 1.82. The number of hydrogen-bond donors (Lipinski definition) is 2. The molecule has 5 heteroatoms. The smallest absolute Gasteiger partial charge is 0.228 e. The molecule has 2 N–H and O–H groups in total. The third kappa shape index (κ3) is 2.21. The molecule has 1 fully saturated rings. The highest BCUT2D eigenvalue weighted by Crippen LogP contribution is 2.29. The van der Waals surface area contributed by atoms with Gasteiger partial charge in [-0.2, -0.15) is 0 Å². The van der Waals surface area contributed by atoms with Crippen molar-refractivity contribution in [3.05, 3.63) is 23.8 Å². The summed E-state index contributed by atoms with van der Waals surface area (Å²) in [7, 11) is 0. The van der Waals surface area contributed by atoms with Crippen molar-refractivity contribution in [3.63, 3.8) is 0 Å². The third-order valence-electron chi connectivity index (χ3n) is 3.64. The zero-order valence-corrected chi connectivity index (χ0v) is 10.9. The molecule has 1 aromatic carbocycles. The average Bonchev–Trinajstić information content (AvgIpc) is 2.90. The standard InChI is InChI=1S/C14H17N3O2/c1-2-15-10-7-14(19)17(8-10)11-3-4-12-9(5-11)6-13(18)16-12/h3-5,10,15H,2,6-8H2,1H3,(H,16,18). The van der Waals surface area contributed by atoms with Gasteiger partial charge in [0.05, 0.1) is 6.42 Å². The molecule has 2 aliphatic heterocycles. The molecule has 19 heavy (non-hydrogen) atoms. The Bertz CT molecular complexity index is 541. The Morgan fingerprint density at radius 1 is 1.42 bits per heavy atom. The molecular formula is C14H17N3O2. The largest absolute Gasteiger partial charge is 0.326 e. The molecule has 0 aromatic heterocycles. The van der Waals surface area contributed by atoms with E-state index in [4.69, 9.17) is 0 Å². The monoisotopic (exact) mass is 259 g/mol. The van der Waals surface area contributed by atoms with E-state index in [1.54, 1.807) is 4.90 Å². The molecule has 1 unspecified atom stereocenters. The molecule has 100 valence electrons. The van der Waals surface area contributed by atoms with Crippen LogP contribution in [0.2, 0.25) is 0 Å². The zero-order valence-electron chi connectivity index (χ0n) is 10.9. The number of carbonyl (C=O) groups is 2. The number of nitrogens with zero attached hydrogens (tertiary/aromatic N) is 1. The molecule has 2 heterocycles. The maximum absolute atomic E-state index is 12.0. The van der Waals surface area contributed by atoms with Gasteiger partial charge in [0, 0.05) is 30.4 Å². The first-order chi connectivity index (χ1) is 9.17. The molecule has 1 atom stereocenters. The Kier molecular flexibility index (Phi) is 2.98. The summed E-state index contributed by atoms with van der Waals surface area (Å²) in [4.78, 5) is 25.2. The lowest BCUT2D eigenvalue weighted by molar-refractivity contribution is -0.117. The van der Waals surface area contributed by atoms with Crippen molar-refractivity contribution >= 4 is 23.2 Å². The van der Waals surface area contributed by atoms with Crippen molar-refractivity contribution < 1.29 is 9.59 Å². The molecule has 2 aliphatic rings. The van der Waals surface area contributed by atoms with Gasteiger partial charge >= 0.3 is 0 Å². The van der Waals surface area contributed by atoms with E-state index in [1.807, 2.05) is 25.1 Å². The van der Waals surface area contributed by atoms with Gasteiger partial charge in [-0.25, -0.2) is 0 Å². The van der Waals surface area contributed by atoms with Gasteiger partial charge < -0.3 is 15.5 Å². The van der Waals surface area contributed by atoms with Crippen molar-refractivity contribution in [2.75, 3.05) is 23.3 Å². The molecule has 2 amide bonds. The van der Waals surface area contributed by atoms with Gasteiger partial charge in [0.25, 0.3) is 0 Å². The minimum Gasteiger partial charge on any atom is -0.326 e. The Labute approximate surface area is 112 Å².